The average Bonchev–Trinajstić information content (AvgIpc) is 3.14. The summed E-state index contributed by atoms with van der Waals surface area (Å²) in [4.78, 5) is 37.0. The number of rotatable bonds is 6. The van der Waals surface area contributed by atoms with Gasteiger partial charge in [-0.05, 0) is 24.3 Å². The van der Waals surface area contributed by atoms with E-state index in [1.54, 1.807) is 36.4 Å². The fourth-order valence-electron chi connectivity index (χ4n) is 3.84. The Morgan fingerprint density at radius 3 is 2.20 bits per heavy atom. The molecule has 3 N–H and O–H groups in total. The van der Waals surface area contributed by atoms with Gasteiger partial charge >= 0.3 is 11.9 Å². The minimum Gasteiger partial charge on any atom is -0.507 e. The van der Waals surface area contributed by atoms with E-state index in [2.05, 4.69) is 15.4 Å². The van der Waals surface area contributed by atoms with E-state index in [4.69, 9.17) is 4.74 Å². The normalized spacial score (nSPS) is 11.3. The number of phenols is 1. The quantitative estimate of drug-likeness (QED) is 0.287. The van der Waals surface area contributed by atoms with Crippen LogP contribution in [0.25, 0.3) is 21.8 Å². The van der Waals surface area contributed by atoms with Crippen LogP contribution in [0.15, 0.2) is 72.4 Å². The summed E-state index contributed by atoms with van der Waals surface area (Å²) in [6.07, 6.45) is 0.949. The number of phenolic OH excluding ortho intramolecular Hbond substituents is 1. The summed E-state index contributed by atoms with van der Waals surface area (Å²) in [6, 6.07) is 17.6. The van der Waals surface area contributed by atoms with Crippen LogP contribution in [0, 0.1) is 0 Å². The number of aryl methyl sites for hydroxylation is 1. The Hall–Kier alpha value is -4.79. The predicted molar refractivity (Wildman–Crippen MR) is 132 cm³/mol. The molecule has 0 spiro atoms. The number of hydrogen-bond donors (Lipinski definition) is 3. The second-order valence-corrected chi connectivity index (χ2v) is 7.66. The molecule has 1 amide bonds. The second-order valence-electron chi connectivity index (χ2n) is 7.66. The number of carbonyl (C=O) groups is 3. The molecule has 0 aliphatic heterocycles. The topological polar surface area (TPSA) is 119 Å². The van der Waals surface area contributed by atoms with E-state index in [-0.39, 0.29) is 17.0 Å². The lowest BCUT2D eigenvalue weighted by atomic mass is 10.1. The Labute approximate surface area is 200 Å². The highest BCUT2D eigenvalue weighted by atomic mass is 16.5. The van der Waals surface area contributed by atoms with Crippen LogP contribution in [0.4, 0.5) is 11.4 Å². The highest BCUT2D eigenvalue weighted by Gasteiger charge is 2.19. The monoisotopic (exact) mass is 473 g/mol. The summed E-state index contributed by atoms with van der Waals surface area (Å²) >= 11 is 0. The van der Waals surface area contributed by atoms with Crippen molar-refractivity contribution in [1.29, 1.82) is 0 Å². The molecule has 0 bridgehead atoms. The lowest BCUT2D eigenvalue weighted by Crippen LogP contribution is -2.18. The summed E-state index contributed by atoms with van der Waals surface area (Å²) in [7, 11) is 4.25. The fourth-order valence-corrected chi connectivity index (χ4v) is 3.84. The number of aromatic hydroxyl groups is 1. The zero-order chi connectivity index (χ0) is 25.1. The maximum atomic E-state index is 13.2. The van der Waals surface area contributed by atoms with Crippen molar-refractivity contribution in [3.63, 3.8) is 0 Å². The first-order valence-corrected chi connectivity index (χ1v) is 10.6. The van der Waals surface area contributed by atoms with Crippen molar-refractivity contribution in [2.75, 3.05) is 24.9 Å². The summed E-state index contributed by atoms with van der Waals surface area (Å²) in [5.74, 6) is -2.28. The molecule has 0 saturated heterocycles. The third kappa shape index (κ3) is 4.51. The van der Waals surface area contributed by atoms with Crippen LogP contribution >= 0.6 is 0 Å². The summed E-state index contributed by atoms with van der Waals surface area (Å²) in [5, 5.41) is 18.0. The largest absolute Gasteiger partial charge is 0.507 e. The molecule has 4 aromatic rings. The van der Waals surface area contributed by atoms with Crippen molar-refractivity contribution >= 4 is 51.0 Å². The van der Waals surface area contributed by atoms with E-state index < -0.39 is 17.8 Å². The van der Waals surface area contributed by atoms with Crippen LogP contribution in [0.1, 0.15) is 10.4 Å². The molecule has 0 unspecified atom stereocenters. The number of anilines is 2. The molecular formula is C26H23N3O6. The van der Waals surface area contributed by atoms with Gasteiger partial charge in [0.1, 0.15) is 11.4 Å². The van der Waals surface area contributed by atoms with Crippen molar-refractivity contribution < 1.29 is 29.0 Å². The summed E-state index contributed by atoms with van der Waals surface area (Å²) < 4.78 is 11.2. The Kier molecular flexibility index (Phi) is 6.41. The number of nitrogens with one attached hydrogen (secondary N) is 2. The fraction of sp³-hybridized carbons (Fsp3) is 0.115. The SMILES string of the molecule is COC(=O)/C=C(/Nc1ccccc1NC(=O)c1cc2c3ccccc3n(C)c2cc1O)C(=O)OC. The van der Waals surface area contributed by atoms with E-state index in [0.717, 1.165) is 27.9 Å². The van der Waals surface area contributed by atoms with Gasteiger partial charge in [-0.3, -0.25) is 4.79 Å². The van der Waals surface area contributed by atoms with Gasteiger partial charge in [-0.2, -0.15) is 0 Å². The molecule has 0 radical (unpaired) electrons. The molecule has 178 valence electrons. The smallest absolute Gasteiger partial charge is 0.354 e. The molecule has 1 heterocycles. The zero-order valence-corrected chi connectivity index (χ0v) is 19.3. The average molecular weight is 473 g/mol. The molecule has 1 aromatic heterocycles. The van der Waals surface area contributed by atoms with Crippen LogP contribution < -0.4 is 10.6 Å². The highest BCUT2D eigenvalue weighted by Crippen LogP contribution is 2.33. The van der Waals surface area contributed by atoms with Crippen molar-refractivity contribution in [2.45, 2.75) is 0 Å². The van der Waals surface area contributed by atoms with Gasteiger partial charge in [-0.15, -0.1) is 0 Å². The van der Waals surface area contributed by atoms with Crippen molar-refractivity contribution in [3.05, 3.63) is 78.0 Å². The van der Waals surface area contributed by atoms with E-state index in [1.165, 1.54) is 14.2 Å². The van der Waals surface area contributed by atoms with Crippen molar-refractivity contribution in [2.24, 2.45) is 7.05 Å². The van der Waals surface area contributed by atoms with Crippen LogP contribution in [0.2, 0.25) is 0 Å². The first-order chi connectivity index (χ1) is 16.8. The van der Waals surface area contributed by atoms with E-state index in [1.807, 2.05) is 35.9 Å². The predicted octanol–water partition coefficient (Wildman–Crippen LogP) is 3.93. The number of amides is 1. The van der Waals surface area contributed by atoms with E-state index in [9.17, 15) is 19.5 Å². The van der Waals surface area contributed by atoms with Gasteiger partial charge in [0.15, 0.2) is 0 Å². The number of esters is 2. The molecule has 0 saturated carbocycles. The second kappa shape index (κ2) is 9.60. The molecule has 3 aromatic carbocycles. The number of nitrogens with zero attached hydrogens (tertiary/aromatic N) is 1. The number of fused-ring (bicyclic) bond motifs is 3. The molecular weight excluding hydrogens is 450 g/mol. The maximum Gasteiger partial charge on any atom is 0.354 e. The lowest BCUT2D eigenvalue weighted by molar-refractivity contribution is -0.138. The molecule has 35 heavy (non-hydrogen) atoms. The van der Waals surface area contributed by atoms with Gasteiger partial charge in [0, 0.05) is 29.4 Å². The number of carbonyl (C=O) groups excluding carboxylic acids is 3. The van der Waals surface area contributed by atoms with Crippen molar-refractivity contribution in [1.82, 2.24) is 4.57 Å². The lowest BCUT2D eigenvalue weighted by Gasteiger charge is -2.15. The third-order valence-corrected chi connectivity index (χ3v) is 5.59. The molecule has 9 nitrogen and oxygen atoms in total. The molecule has 0 atom stereocenters. The van der Waals surface area contributed by atoms with Crippen LogP contribution in [0.5, 0.6) is 5.75 Å². The minimum absolute atomic E-state index is 0.0851. The van der Waals surface area contributed by atoms with Gasteiger partial charge in [-0.25, -0.2) is 9.59 Å². The standard InChI is InChI=1S/C26H23N3O6/c1-29-21-11-7-4-8-15(21)16-12-17(23(30)14-22(16)29)25(32)28-19-10-6-5-9-18(19)27-20(26(33)35-3)13-24(31)34-2/h4-14,27,30H,1-3H3,(H,28,32)/b20-13+. The Balaban J connectivity index is 1.69. The number of para-hydroxylation sites is 3. The number of aromatic nitrogens is 1. The van der Waals surface area contributed by atoms with E-state index >= 15 is 0 Å². The van der Waals surface area contributed by atoms with Crippen LogP contribution in [-0.4, -0.2) is 41.7 Å². The number of hydrogen-bond acceptors (Lipinski definition) is 7. The van der Waals surface area contributed by atoms with Crippen LogP contribution in [0.3, 0.4) is 0 Å². The molecule has 4 rings (SSSR count). The summed E-state index contributed by atoms with van der Waals surface area (Å²) in [6.45, 7) is 0. The first-order valence-electron chi connectivity index (χ1n) is 10.6. The first kappa shape index (κ1) is 23.4. The van der Waals surface area contributed by atoms with Gasteiger partial charge in [-0.1, -0.05) is 30.3 Å². The number of methoxy groups -OCH3 is 2. The number of ether oxygens (including phenoxy) is 2. The van der Waals surface area contributed by atoms with Crippen molar-refractivity contribution in [3.8, 4) is 5.75 Å². The van der Waals surface area contributed by atoms with Gasteiger partial charge in [0.2, 0.25) is 0 Å². The highest BCUT2D eigenvalue weighted by molar-refractivity contribution is 6.14. The Morgan fingerprint density at radius 2 is 1.51 bits per heavy atom. The molecule has 0 aliphatic rings. The minimum atomic E-state index is -0.796. The summed E-state index contributed by atoms with van der Waals surface area (Å²) in [5.41, 5.74) is 2.31. The molecule has 9 heteroatoms. The van der Waals surface area contributed by atoms with Gasteiger partial charge in [0.05, 0.1) is 42.8 Å². The van der Waals surface area contributed by atoms with Gasteiger partial charge in [0.25, 0.3) is 5.91 Å². The number of benzene rings is 3. The van der Waals surface area contributed by atoms with Crippen LogP contribution in [-0.2, 0) is 26.1 Å². The Bertz CT molecular complexity index is 1500. The zero-order valence-electron chi connectivity index (χ0n) is 19.3. The van der Waals surface area contributed by atoms with E-state index in [0.29, 0.717) is 11.4 Å². The Morgan fingerprint density at radius 1 is 0.857 bits per heavy atom. The maximum absolute atomic E-state index is 13.2. The molecule has 0 fully saturated rings. The van der Waals surface area contributed by atoms with Gasteiger partial charge < -0.3 is 29.8 Å². The third-order valence-electron chi connectivity index (χ3n) is 5.59. The molecule has 0 aliphatic carbocycles.